The van der Waals surface area contributed by atoms with Gasteiger partial charge in [-0.3, -0.25) is 9.97 Å². The van der Waals surface area contributed by atoms with Gasteiger partial charge >= 0.3 is 0 Å². The SMILES string of the molecule is C=C/C(C)=C\C(=C/C)c1ccc(N)c(Cc2nc3c(-c4ccc(Cl)s4)cncc3[nH]2)n1. The number of nitrogens with two attached hydrogens (primary N) is 1. The summed E-state index contributed by atoms with van der Waals surface area (Å²) in [6.45, 7) is 7.82. The number of allylic oxidation sites excluding steroid dienone is 5. The fraction of sp³-hybridized carbons (Fsp3) is 0.125. The second-order valence-corrected chi connectivity index (χ2v) is 8.83. The van der Waals surface area contributed by atoms with E-state index < -0.39 is 0 Å². The van der Waals surface area contributed by atoms with Crippen LogP contribution in [0.5, 0.6) is 0 Å². The number of anilines is 1. The smallest absolute Gasteiger partial charge is 0.113 e. The minimum atomic E-state index is 0.486. The zero-order chi connectivity index (χ0) is 22.0. The van der Waals surface area contributed by atoms with E-state index in [-0.39, 0.29) is 0 Å². The molecule has 0 saturated carbocycles. The summed E-state index contributed by atoms with van der Waals surface area (Å²) in [4.78, 5) is 18.4. The minimum Gasteiger partial charge on any atom is -0.397 e. The molecule has 156 valence electrons. The number of nitrogen functional groups attached to an aromatic ring is 1. The molecular formula is C24H22ClN5S. The zero-order valence-corrected chi connectivity index (χ0v) is 18.9. The predicted octanol–water partition coefficient (Wildman–Crippen LogP) is 6.44. The number of aromatic amines is 1. The van der Waals surface area contributed by atoms with E-state index in [9.17, 15) is 0 Å². The normalized spacial score (nSPS) is 12.5. The van der Waals surface area contributed by atoms with Crippen molar-refractivity contribution in [3.8, 4) is 10.4 Å². The Hall–Kier alpha value is -3.22. The molecule has 0 fully saturated rings. The van der Waals surface area contributed by atoms with Gasteiger partial charge in [-0.1, -0.05) is 42.0 Å². The molecule has 0 amide bonds. The summed E-state index contributed by atoms with van der Waals surface area (Å²) < 4.78 is 0.733. The Morgan fingerprint density at radius 1 is 1.23 bits per heavy atom. The van der Waals surface area contributed by atoms with E-state index in [0.717, 1.165) is 54.2 Å². The molecule has 0 unspecified atom stereocenters. The highest BCUT2D eigenvalue weighted by atomic mass is 35.5. The number of aromatic nitrogens is 4. The van der Waals surface area contributed by atoms with Gasteiger partial charge in [0.2, 0.25) is 0 Å². The van der Waals surface area contributed by atoms with Gasteiger partial charge in [0.05, 0.1) is 39.5 Å². The summed E-state index contributed by atoms with van der Waals surface area (Å²) >= 11 is 7.62. The number of H-pyrrole nitrogens is 1. The quantitative estimate of drug-likeness (QED) is 0.333. The van der Waals surface area contributed by atoms with Gasteiger partial charge in [0.15, 0.2) is 0 Å². The summed E-state index contributed by atoms with van der Waals surface area (Å²) in [5.41, 5.74) is 13.3. The first-order valence-electron chi connectivity index (χ1n) is 9.79. The average molecular weight is 448 g/mol. The molecule has 4 rings (SSSR count). The van der Waals surface area contributed by atoms with Crippen LogP contribution in [0.1, 0.15) is 31.1 Å². The van der Waals surface area contributed by atoms with Crippen molar-refractivity contribution in [3.63, 3.8) is 0 Å². The monoisotopic (exact) mass is 447 g/mol. The first-order chi connectivity index (χ1) is 15.0. The van der Waals surface area contributed by atoms with E-state index in [1.165, 1.54) is 11.3 Å². The van der Waals surface area contributed by atoms with Crippen molar-refractivity contribution < 1.29 is 0 Å². The van der Waals surface area contributed by atoms with Crippen LogP contribution in [-0.4, -0.2) is 19.9 Å². The van der Waals surface area contributed by atoms with Crippen LogP contribution in [0.2, 0.25) is 4.34 Å². The number of nitrogens with one attached hydrogen (secondary N) is 1. The lowest BCUT2D eigenvalue weighted by Crippen LogP contribution is -2.03. The highest BCUT2D eigenvalue weighted by Crippen LogP contribution is 2.34. The third kappa shape index (κ3) is 4.45. The van der Waals surface area contributed by atoms with E-state index in [0.29, 0.717) is 12.1 Å². The van der Waals surface area contributed by atoms with Crippen molar-refractivity contribution in [2.75, 3.05) is 5.73 Å². The topological polar surface area (TPSA) is 80.5 Å². The predicted molar refractivity (Wildman–Crippen MR) is 131 cm³/mol. The maximum Gasteiger partial charge on any atom is 0.113 e. The summed E-state index contributed by atoms with van der Waals surface area (Å²) in [7, 11) is 0. The van der Waals surface area contributed by atoms with Crippen LogP contribution < -0.4 is 5.73 Å². The molecule has 31 heavy (non-hydrogen) atoms. The number of rotatable bonds is 6. The molecule has 7 heteroatoms. The zero-order valence-electron chi connectivity index (χ0n) is 17.3. The van der Waals surface area contributed by atoms with Crippen molar-refractivity contribution in [2.45, 2.75) is 20.3 Å². The summed E-state index contributed by atoms with van der Waals surface area (Å²) in [6.07, 6.45) is 9.98. The number of hydrogen-bond donors (Lipinski definition) is 2. The maximum atomic E-state index is 6.24. The molecule has 3 N–H and O–H groups in total. The Morgan fingerprint density at radius 2 is 2.06 bits per heavy atom. The second kappa shape index (κ2) is 8.88. The van der Waals surface area contributed by atoms with Crippen molar-refractivity contribution in [1.29, 1.82) is 0 Å². The number of pyridine rings is 2. The van der Waals surface area contributed by atoms with Gasteiger partial charge in [-0.05, 0) is 43.7 Å². The largest absolute Gasteiger partial charge is 0.397 e. The molecule has 0 saturated heterocycles. The minimum absolute atomic E-state index is 0.486. The first kappa shape index (κ1) is 21.0. The number of hydrogen-bond acceptors (Lipinski definition) is 5. The summed E-state index contributed by atoms with van der Waals surface area (Å²) in [6, 6.07) is 7.69. The highest BCUT2D eigenvalue weighted by molar-refractivity contribution is 7.19. The molecule has 4 aromatic rings. The second-order valence-electron chi connectivity index (χ2n) is 7.12. The maximum absolute atomic E-state index is 6.24. The molecule has 0 bridgehead atoms. The average Bonchev–Trinajstić information content (AvgIpc) is 3.38. The number of nitrogens with zero attached hydrogens (tertiary/aromatic N) is 3. The van der Waals surface area contributed by atoms with Crippen LogP contribution in [0.3, 0.4) is 0 Å². The van der Waals surface area contributed by atoms with Crippen molar-refractivity contribution >= 4 is 45.2 Å². The lowest BCUT2D eigenvalue weighted by atomic mass is 10.1. The fourth-order valence-corrected chi connectivity index (χ4v) is 4.34. The Labute approximate surface area is 190 Å². The van der Waals surface area contributed by atoms with E-state index in [1.807, 2.05) is 56.5 Å². The molecule has 0 aliphatic rings. The number of halogens is 1. The van der Waals surface area contributed by atoms with Gasteiger partial charge < -0.3 is 10.7 Å². The van der Waals surface area contributed by atoms with Gasteiger partial charge in [-0.2, -0.15) is 0 Å². The van der Waals surface area contributed by atoms with Crippen LogP contribution in [0.15, 0.2) is 67.0 Å². The third-order valence-corrected chi connectivity index (χ3v) is 6.20. The molecule has 0 aromatic carbocycles. The van der Waals surface area contributed by atoms with E-state index >= 15 is 0 Å². The molecule has 4 heterocycles. The summed E-state index contributed by atoms with van der Waals surface area (Å²) in [5, 5.41) is 0. The molecule has 0 atom stereocenters. The van der Waals surface area contributed by atoms with Crippen molar-refractivity contribution in [3.05, 3.63) is 88.6 Å². The lowest BCUT2D eigenvalue weighted by molar-refractivity contribution is 0.983. The van der Waals surface area contributed by atoms with E-state index in [1.54, 1.807) is 6.20 Å². The number of imidazole rings is 1. The Kier molecular flexibility index (Phi) is 6.02. The van der Waals surface area contributed by atoms with Gasteiger partial charge in [0.1, 0.15) is 11.3 Å². The standard InChI is InChI=1S/C24H22ClN5S/c1-4-14(3)10-15(5-2)18-7-6-17(26)19(28-18)11-23-29-20-13-27-12-16(24(20)30-23)21-8-9-22(25)31-21/h4-10,12-13H,1,11,26H2,2-3H3,(H,29,30)/b14-10-,15-5+. The highest BCUT2D eigenvalue weighted by Gasteiger charge is 2.14. The van der Waals surface area contributed by atoms with Gasteiger partial charge in [-0.15, -0.1) is 11.3 Å². The van der Waals surface area contributed by atoms with E-state index in [4.69, 9.17) is 27.3 Å². The molecule has 4 aromatic heterocycles. The van der Waals surface area contributed by atoms with Crippen LogP contribution in [0.4, 0.5) is 5.69 Å². The summed E-state index contributed by atoms with van der Waals surface area (Å²) in [5.74, 6) is 0.781. The van der Waals surface area contributed by atoms with Crippen molar-refractivity contribution in [1.82, 2.24) is 19.9 Å². The van der Waals surface area contributed by atoms with E-state index in [2.05, 4.69) is 22.6 Å². The molecular weight excluding hydrogens is 426 g/mol. The molecule has 0 spiro atoms. The van der Waals surface area contributed by atoms with Crippen LogP contribution in [0.25, 0.3) is 27.0 Å². The molecule has 0 aliphatic carbocycles. The molecule has 0 radical (unpaired) electrons. The van der Waals surface area contributed by atoms with Gasteiger partial charge in [-0.25, -0.2) is 4.98 Å². The number of thiophene rings is 1. The van der Waals surface area contributed by atoms with Crippen LogP contribution >= 0.6 is 22.9 Å². The number of fused-ring (bicyclic) bond motifs is 1. The van der Waals surface area contributed by atoms with Crippen LogP contribution in [-0.2, 0) is 6.42 Å². The van der Waals surface area contributed by atoms with Crippen LogP contribution in [0, 0.1) is 0 Å². The fourth-order valence-electron chi connectivity index (χ4n) is 3.29. The first-order valence-corrected chi connectivity index (χ1v) is 11.0. The lowest BCUT2D eigenvalue weighted by Gasteiger charge is -2.08. The van der Waals surface area contributed by atoms with Crippen molar-refractivity contribution in [2.24, 2.45) is 0 Å². The molecule has 0 aliphatic heterocycles. The Morgan fingerprint density at radius 3 is 2.77 bits per heavy atom. The Balaban J connectivity index is 1.70. The Bertz CT molecular complexity index is 1330. The van der Waals surface area contributed by atoms with Gasteiger partial charge in [0.25, 0.3) is 0 Å². The van der Waals surface area contributed by atoms with Gasteiger partial charge in [0, 0.05) is 16.6 Å². The molecule has 5 nitrogen and oxygen atoms in total. The third-order valence-electron chi connectivity index (χ3n) is 4.94.